The molecule has 1 saturated heterocycles. The van der Waals surface area contributed by atoms with Gasteiger partial charge in [-0.15, -0.1) is 0 Å². The van der Waals surface area contributed by atoms with Gasteiger partial charge in [-0.2, -0.15) is 0 Å². The summed E-state index contributed by atoms with van der Waals surface area (Å²) in [5, 5.41) is 0. The highest BCUT2D eigenvalue weighted by Gasteiger charge is 2.31. The molecular weight excluding hydrogens is 438 g/mol. The number of amides is 1. The quantitative estimate of drug-likeness (QED) is 0.319. The molecule has 6 heteroatoms. The molecular formula is C26H23NO3S2. The lowest BCUT2D eigenvalue weighted by atomic mass is 10.1. The smallest absolute Gasteiger partial charge is 0.266 e. The number of ether oxygens (including phenoxy) is 2. The monoisotopic (exact) mass is 461 g/mol. The molecule has 1 fully saturated rings. The van der Waals surface area contributed by atoms with Gasteiger partial charge in [0.05, 0.1) is 18.6 Å². The van der Waals surface area contributed by atoms with E-state index in [1.54, 1.807) is 12.0 Å². The third kappa shape index (κ3) is 5.39. The third-order valence-electron chi connectivity index (χ3n) is 5.04. The summed E-state index contributed by atoms with van der Waals surface area (Å²) in [6, 6.07) is 23.6. The molecule has 0 aliphatic carbocycles. The second kappa shape index (κ2) is 10.0. The summed E-state index contributed by atoms with van der Waals surface area (Å²) >= 11 is 6.78. The van der Waals surface area contributed by atoms with E-state index in [0.29, 0.717) is 22.4 Å². The minimum Gasteiger partial charge on any atom is -0.497 e. The molecule has 0 N–H and O–H groups in total. The van der Waals surface area contributed by atoms with Gasteiger partial charge in [-0.25, -0.2) is 0 Å². The Morgan fingerprint density at radius 2 is 1.69 bits per heavy atom. The first-order valence-corrected chi connectivity index (χ1v) is 11.4. The van der Waals surface area contributed by atoms with Crippen LogP contribution in [-0.4, -0.2) is 22.2 Å². The number of carbonyl (C=O) groups excluding carboxylic acids is 1. The van der Waals surface area contributed by atoms with Crippen molar-refractivity contribution in [1.82, 2.24) is 4.90 Å². The molecule has 162 valence electrons. The Labute approximate surface area is 197 Å². The van der Waals surface area contributed by atoms with Gasteiger partial charge in [-0.05, 0) is 54.0 Å². The molecule has 4 nitrogen and oxygen atoms in total. The Hall–Kier alpha value is -3.09. The number of thioether (sulfide) groups is 1. The standard InChI is InChI=1S/C26H23NO3S2/c1-18-4-3-5-21(14-18)17-30-23-12-6-19(7-13-23)15-24-25(28)27(26(31)32-24)16-20-8-10-22(29-2)11-9-20/h3-15H,16-17H2,1-2H3. The van der Waals surface area contributed by atoms with Crippen molar-refractivity contribution in [1.29, 1.82) is 0 Å². The second-order valence-electron chi connectivity index (χ2n) is 7.46. The maximum absolute atomic E-state index is 12.9. The summed E-state index contributed by atoms with van der Waals surface area (Å²) in [5.74, 6) is 1.50. The molecule has 3 aromatic rings. The highest BCUT2D eigenvalue weighted by Crippen LogP contribution is 2.34. The van der Waals surface area contributed by atoms with E-state index in [9.17, 15) is 4.79 Å². The molecule has 3 aromatic carbocycles. The van der Waals surface area contributed by atoms with Crippen molar-refractivity contribution in [2.75, 3.05) is 7.11 Å². The van der Waals surface area contributed by atoms with E-state index in [-0.39, 0.29) is 5.91 Å². The summed E-state index contributed by atoms with van der Waals surface area (Å²) in [6.45, 7) is 3.03. The summed E-state index contributed by atoms with van der Waals surface area (Å²) in [5.41, 5.74) is 4.27. The number of methoxy groups -OCH3 is 1. The predicted molar refractivity (Wildman–Crippen MR) is 134 cm³/mol. The summed E-state index contributed by atoms with van der Waals surface area (Å²) in [4.78, 5) is 15.2. The van der Waals surface area contributed by atoms with Gasteiger partial charge in [0.25, 0.3) is 5.91 Å². The topological polar surface area (TPSA) is 38.8 Å². The van der Waals surface area contributed by atoms with Crippen molar-refractivity contribution in [2.45, 2.75) is 20.1 Å². The van der Waals surface area contributed by atoms with Gasteiger partial charge < -0.3 is 9.47 Å². The van der Waals surface area contributed by atoms with Crippen molar-refractivity contribution in [3.63, 3.8) is 0 Å². The zero-order valence-electron chi connectivity index (χ0n) is 17.9. The van der Waals surface area contributed by atoms with Crippen molar-refractivity contribution >= 4 is 40.3 Å². The Morgan fingerprint density at radius 3 is 2.38 bits per heavy atom. The van der Waals surface area contributed by atoms with Crippen LogP contribution < -0.4 is 9.47 Å². The molecule has 0 radical (unpaired) electrons. The normalized spacial score (nSPS) is 14.8. The zero-order valence-corrected chi connectivity index (χ0v) is 19.5. The SMILES string of the molecule is COc1ccc(CN2C(=O)C(=Cc3ccc(OCc4cccc(C)c4)cc3)SC2=S)cc1. The highest BCUT2D eigenvalue weighted by molar-refractivity contribution is 8.26. The molecule has 4 rings (SSSR count). The first-order chi connectivity index (χ1) is 15.5. The molecule has 1 heterocycles. The fourth-order valence-electron chi connectivity index (χ4n) is 3.33. The molecule has 0 saturated carbocycles. The van der Waals surface area contributed by atoms with Crippen molar-refractivity contribution in [3.8, 4) is 11.5 Å². The molecule has 1 aliphatic rings. The van der Waals surface area contributed by atoms with Crippen LogP contribution in [0.2, 0.25) is 0 Å². The van der Waals surface area contributed by atoms with E-state index in [0.717, 1.165) is 28.2 Å². The van der Waals surface area contributed by atoms with Crippen LogP contribution >= 0.6 is 24.0 Å². The Kier molecular flexibility index (Phi) is 6.93. The van der Waals surface area contributed by atoms with Gasteiger partial charge in [0.2, 0.25) is 0 Å². The number of hydrogen-bond donors (Lipinski definition) is 0. The lowest BCUT2D eigenvalue weighted by molar-refractivity contribution is -0.122. The van der Waals surface area contributed by atoms with E-state index in [1.807, 2.05) is 60.7 Å². The molecule has 0 unspecified atom stereocenters. The third-order valence-corrected chi connectivity index (χ3v) is 6.42. The maximum Gasteiger partial charge on any atom is 0.266 e. The summed E-state index contributed by atoms with van der Waals surface area (Å²) in [7, 11) is 1.63. The average Bonchev–Trinajstić information content (AvgIpc) is 3.06. The number of nitrogens with zero attached hydrogens (tertiary/aromatic N) is 1. The minimum absolute atomic E-state index is 0.0735. The molecule has 32 heavy (non-hydrogen) atoms. The lowest BCUT2D eigenvalue weighted by Gasteiger charge is -2.14. The molecule has 0 aromatic heterocycles. The Bertz CT molecular complexity index is 1150. The molecule has 1 aliphatic heterocycles. The number of thiocarbonyl (C=S) groups is 1. The van der Waals surface area contributed by atoms with Gasteiger partial charge in [0.15, 0.2) is 0 Å². The largest absolute Gasteiger partial charge is 0.497 e. The van der Waals surface area contributed by atoms with Crippen LogP contribution in [0.1, 0.15) is 22.3 Å². The number of benzene rings is 3. The lowest BCUT2D eigenvalue weighted by Crippen LogP contribution is -2.27. The van der Waals surface area contributed by atoms with Crippen molar-refractivity contribution in [3.05, 3.63) is 100.0 Å². The molecule has 1 amide bonds. The number of aryl methyl sites for hydroxylation is 1. The van der Waals surface area contributed by atoms with Crippen LogP contribution in [0, 0.1) is 6.92 Å². The van der Waals surface area contributed by atoms with E-state index in [1.165, 1.54) is 17.3 Å². The molecule has 0 spiro atoms. The van der Waals surface area contributed by atoms with Crippen LogP contribution in [0.3, 0.4) is 0 Å². The van der Waals surface area contributed by atoms with E-state index in [4.69, 9.17) is 21.7 Å². The van der Waals surface area contributed by atoms with Gasteiger partial charge in [0, 0.05) is 0 Å². The second-order valence-corrected chi connectivity index (χ2v) is 9.14. The number of rotatable bonds is 7. The minimum atomic E-state index is -0.0735. The average molecular weight is 462 g/mol. The highest BCUT2D eigenvalue weighted by atomic mass is 32.2. The van der Waals surface area contributed by atoms with Crippen LogP contribution in [-0.2, 0) is 17.9 Å². The summed E-state index contributed by atoms with van der Waals surface area (Å²) in [6.07, 6.45) is 1.87. The number of carbonyl (C=O) groups is 1. The van der Waals surface area contributed by atoms with Crippen molar-refractivity contribution in [2.24, 2.45) is 0 Å². The fourth-order valence-corrected chi connectivity index (χ4v) is 4.59. The molecule has 0 bridgehead atoms. The predicted octanol–water partition coefficient (Wildman–Crippen LogP) is 5.98. The number of hydrogen-bond acceptors (Lipinski definition) is 5. The van der Waals surface area contributed by atoms with E-state index >= 15 is 0 Å². The Morgan fingerprint density at radius 1 is 0.969 bits per heavy atom. The van der Waals surface area contributed by atoms with Crippen LogP contribution in [0.15, 0.2) is 77.7 Å². The first-order valence-electron chi connectivity index (χ1n) is 10.2. The van der Waals surface area contributed by atoms with Crippen LogP contribution in [0.5, 0.6) is 11.5 Å². The van der Waals surface area contributed by atoms with Gasteiger partial charge in [0.1, 0.15) is 22.4 Å². The van der Waals surface area contributed by atoms with Gasteiger partial charge >= 0.3 is 0 Å². The Balaban J connectivity index is 1.39. The van der Waals surface area contributed by atoms with Gasteiger partial charge in [-0.3, -0.25) is 9.69 Å². The molecule has 0 atom stereocenters. The van der Waals surface area contributed by atoms with E-state index < -0.39 is 0 Å². The van der Waals surface area contributed by atoms with E-state index in [2.05, 4.69) is 25.1 Å². The van der Waals surface area contributed by atoms with Crippen molar-refractivity contribution < 1.29 is 14.3 Å². The van der Waals surface area contributed by atoms with Crippen LogP contribution in [0.25, 0.3) is 6.08 Å². The fraction of sp³-hybridized carbons (Fsp3) is 0.154. The zero-order chi connectivity index (χ0) is 22.5. The van der Waals surface area contributed by atoms with Crippen LogP contribution in [0.4, 0.5) is 0 Å². The maximum atomic E-state index is 12.9. The summed E-state index contributed by atoms with van der Waals surface area (Å²) < 4.78 is 11.6. The van der Waals surface area contributed by atoms with Gasteiger partial charge in [-0.1, -0.05) is 78.1 Å². The first kappa shape index (κ1) is 22.1.